The molecule has 1 aromatic heterocycles. The van der Waals surface area contributed by atoms with Gasteiger partial charge >= 0.3 is 0 Å². The number of benzene rings is 4. The van der Waals surface area contributed by atoms with Gasteiger partial charge in [0.25, 0.3) is 10.1 Å². The number of anilines is 1. The Kier molecular flexibility index (Phi) is 9.41. The van der Waals surface area contributed by atoms with E-state index >= 15 is 0 Å². The molecule has 5 aromatic rings. The van der Waals surface area contributed by atoms with Gasteiger partial charge in [-0.3, -0.25) is 4.55 Å². The van der Waals surface area contributed by atoms with Gasteiger partial charge in [-0.05, 0) is 59.5 Å². The summed E-state index contributed by atoms with van der Waals surface area (Å²) >= 11 is 0.956. The second-order valence-corrected chi connectivity index (χ2v) is 12.6. The number of para-hydroxylation sites is 2. The molecule has 45 heavy (non-hydrogen) atoms. The Hall–Kier alpha value is -4.29. The van der Waals surface area contributed by atoms with E-state index in [4.69, 9.17) is 9.59 Å². The molecule has 0 saturated carbocycles. The number of aromatic nitrogens is 1. The molecule has 4 aromatic carbocycles. The van der Waals surface area contributed by atoms with Gasteiger partial charge in [-0.1, -0.05) is 77.8 Å². The predicted molar refractivity (Wildman–Crippen MR) is 176 cm³/mol. The topological polar surface area (TPSA) is 100 Å². The molecule has 6 rings (SSSR count). The van der Waals surface area contributed by atoms with Crippen molar-refractivity contribution >= 4 is 50.9 Å². The average Bonchev–Trinajstić information content (AvgIpc) is 3.06. The van der Waals surface area contributed by atoms with E-state index in [0.717, 1.165) is 56.0 Å². The van der Waals surface area contributed by atoms with E-state index in [0.29, 0.717) is 31.5 Å². The number of pyridine rings is 1. The van der Waals surface area contributed by atoms with E-state index in [1.807, 2.05) is 48.5 Å². The van der Waals surface area contributed by atoms with E-state index in [-0.39, 0.29) is 4.90 Å². The molecule has 0 unspecified atom stereocenters. The maximum absolute atomic E-state index is 12.1. The molecule has 0 spiro atoms. The zero-order valence-electron chi connectivity index (χ0n) is 24.2. The highest BCUT2D eigenvalue weighted by atomic mass is 32.2. The predicted octanol–water partition coefficient (Wildman–Crippen LogP) is 7.16. The van der Waals surface area contributed by atoms with Crippen LogP contribution in [0.3, 0.4) is 0 Å². The first-order valence-electron chi connectivity index (χ1n) is 14.4. The maximum atomic E-state index is 12.1. The second kappa shape index (κ2) is 13.8. The summed E-state index contributed by atoms with van der Waals surface area (Å²) in [6.07, 6.45) is 7.47. The molecule has 8 nitrogen and oxygen atoms in total. The number of nitrogens with zero attached hydrogens (tertiary/aromatic N) is 2. The number of rotatable bonds is 11. The molecule has 0 radical (unpaired) electrons. The highest BCUT2D eigenvalue weighted by Gasteiger charge is 2.22. The molecule has 0 saturated heterocycles. The molecule has 228 valence electrons. The average molecular weight is 640 g/mol. The molecule has 0 amide bonds. The Morgan fingerprint density at radius 2 is 1.53 bits per heavy atom. The van der Waals surface area contributed by atoms with Gasteiger partial charge in [0.1, 0.15) is 0 Å². The maximum Gasteiger partial charge on any atom is 0.294 e. The molecule has 1 aliphatic rings. The first kappa shape index (κ1) is 30.7. The Balaban J connectivity index is 1.38. The summed E-state index contributed by atoms with van der Waals surface area (Å²) in [7, 11) is -4.35. The second-order valence-electron chi connectivity index (χ2n) is 10.5. The minimum absolute atomic E-state index is 0.0712. The molecule has 2 N–H and O–H groups in total. The van der Waals surface area contributed by atoms with E-state index in [1.54, 1.807) is 18.2 Å². The van der Waals surface area contributed by atoms with Crippen molar-refractivity contribution in [2.75, 3.05) is 11.4 Å². The van der Waals surface area contributed by atoms with Crippen molar-refractivity contribution in [1.82, 2.24) is 0 Å². The number of allylic oxidation sites excluding steroid dienone is 1. The molecular formula is C35H31N2O6S2+. The molecule has 1 aliphatic heterocycles. The van der Waals surface area contributed by atoms with Crippen LogP contribution in [-0.2, 0) is 38.9 Å². The molecule has 0 aliphatic carbocycles. The summed E-state index contributed by atoms with van der Waals surface area (Å²) in [5, 5.41) is 13.6. The summed E-state index contributed by atoms with van der Waals surface area (Å²) in [5.74, 6) is 0. The van der Waals surface area contributed by atoms with Crippen molar-refractivity contribution in [3.63, 3.8) is 0 Å². The third-order valence-corrected chi connectivity index (χ3v) is 9.49. The summed E-state index contributed by atoms with van der Waals surface area (Å²) in [5.41, 5.74) is 6.76. The Morgan fingerprint density at radius 3 is 2.38 bits per heavy atom. The highest BCUT2D eigenvalue weighted by molar-refractivity contribution is 7.94. The lowest BCUT2D eigenvalue weighted by Gasteiger charge is -2.30. The van der Waals surface area contributed by atoms with Crippen molar-refractivity contribution in [3.8, 4) is 0 Å². The Bertz CT molecular complexity index is 2010. The van der Waals surface area contributed by atoms with E-state index in [9.17, 15) is 13.0 Å². The quantitative estimate of drug-likeness (QED) is 0.0516. The van der Waals surface area contributed by atoms with Gasteiger partial charge in [-0.15, -0.1) is 4.33 Å². The van der Waals surface area contributed by atoms with Crippen molar-refractivity contribution < 1.29 is 32.2 Å². The number of fused-ring (bicyclic) bond motifs is 2. The van der Waals surface area contributed by atoms with Crippen LogP contribution in [0.2, 0.25) is 0 Å². The fourth-order valence-electron chi connectivity index (χ4n) is 5.73. The highest BCUT2D eigenvalue weighted by Crippen LogP contribution is 2.33. The van der Waals surface area contributed by atoms with Crippen molar-refractivity contribution in [2.45, 2.75) is 29.2 Å². The van der Waals surface area contributed by atoms with Gasteiger partial charge in [-0.25, -0.2) is 5.26 Å². The van der Waals surface area contributed by atoms with Crippen molar-refractivity contribution in [2.24, 2.45) is 0 Å². The minimum atomic E-state index is -4.35. The van der Waals surface area contributed by atoms with Crippen LogP contribution in [0.1, 0.15) is 22.4 Å². The van der Waals surface area contributed by atoms with Gasteiger partial charge < -0.3 is 4.90 Å². The Labute approximate surface area is 266 Å². The molecule has 2 heterocycles. The largest absolute Gasteiger partial charge is 0.340 e. The van der Waals surface area contributed by atoms with Crippen molar-refractivity contribution in [3.05, 3.63) is 143 Å². The van der Waals surface area contributed by atoms with Crippen LogP contribution >= 0.6 is 12.0 Å². The lowest BCUT2D eigenvalue weighted by Crippen LogP contribution is -2.39. The standard InChI is InChI=1S/C35H30N2O6S2/c38-42-43-44-34-15-7-3-11-28(34)21-23-36-30(19-17-26-9-1-5-13-32(26)36)25-31-20-18-27-10-2-6-14-33(27)37(31)24-22-29-12-4-8-16-35(29)45(39,40)41/h1-20,25H,21-24H2,(H-,38,39,40,41)/p+1. The molecular weight excluding hydrogens is 609 g/mol. The van der Waals surface area contributed by atoms with E-state index in [2.05, 4.69) is 69.1 Å². The summed E-state index contributed by atoms with van der Waals surface area (Å²) in [4.78, 5) is 3.06. The molecule has 10 heteroatoms. The van der Waals surface area contributed by atoms with E-state index in [1.165, 1.54) is 6.07 Å². The summed E-state index contributed by atoms with van der Waals surface area (Å²) < 4.78 is 40.9. The zero-order valence-corrected chi connectivity index (χ0v) is 25.8. The molecule has 0 atom stereocenters. The zero-order chi connectivity index (χ0) is 31.2. The molecule has 0 fully saturated rings. The van der Waals surface area contributed by atoms with Gasteiger partial charge in [0.15, 0.2) is 6.54 Å². The van der Waals surface area contributed by atoms with Crippen LogP contribution < -0.4 is 9.47 Å². The van der Waals surface area contributed by atoms with Gasteiger partial charge in [0.2, 0.25) is 11.2 Å². The number of hydrogen-bond donors (Lipinski definition) is 2. The van der Waals surface area contributed by atoms with Crippen LogP contribution in [0.4, 0.5) is 5.69 Å². The third-order valence-electron chi connectivity index (χ3n) is 7.83. The van der Waals surface area contributed by atoms with Gasteiger partial charge in [-0.2, -0.15) is 13.0 Å². The SMILES string of the molecule is O=S(=O)(O)c1ccccc1CC[n+]1c(C=C2C=Cc3ccccc3N2CCc2ccccc2SOOO)ccc2ccccc21. The normalized spacial score (nSPS) is 13.8. The lowest BCUT2D eigenvalue weighted by atomic mass is 10.0. The summed E-state index contributed by atoms with van der Waals surface area (Å²) in [6, 6.07) is 34.9. The van der Waals surface area contributed by atoms with Crippen LogP contribution in [-0.4, -0.2) is 24.8 Å². The molecule has 0 bridgehead atoms. The third kappa shape index (κ3) is 7.02. The first-order valence-corrected chi connectivity index (χ1v) is 16.6. The fourth-order valence-corrected chi connectivity index (χ4v) is 7.00. The smallest absolute Gasteiger partial charge is 0.294 e. The first-order chi connectivity index (χ1) is 21.9. The van der Waals surface area contributed by atoms with Crippen molar-refractivity contribution in [1.29, 1.82) is 0 Å². The van der Waals surface area contributed by atoms with Gasteiger partial charge in [0, 0.05) is 52.8 Å². The fraction of sp³-hybridized carbons (Fsp3) is 0.114. The number of aryl methyl sites for hydroxylation is 2. The lowest BCUT2D eigenvalue weighted by molar-refractivity contribution is -0.672. The van der Waals surface area contributed by atoms with E-state index < -0.39 is 10.1 Å². The van der Waals surface area contributed by atoms with Crippen LogP contribution in [0.25, 0.3) is 23.1 Å². The van der Waals surface area contributed by atoms with Crippen LogP contribution in [0, 0.1) is 0 Å². The minimum Gasteiger partial charge on any atom is -0.340 e. The van der Waals surface area contributed by atoms with Gasteiger partial charge in [0.05, 0.1) is 16.9 Å². The summed E-state index contributed by atoms with van der Waals surface area (Å²) in [6.45, 7) is 1.16. The number of hydrogen-bond acceptors (Lipinski definition) is 7. The Morgan fingerprint density at radius 1 is 0.800 bits per heavy atom. The monoisotopic (exact) mass is 639 g/mol. The van der Waals surface area contributed by atoms with Crippen LogP contribution in [0.5, 0.6) is 0 Å². The van der Waals surface area contributed by atoms with Crippen LogP contribution in [0.15, 0.2) is 131 Å².